The fourth-order valence-corrected chi connectivity index (χ4v) is 2.51. The van der Waals surface area contributed by atoms with Crippen molar-refractivity contribution in [3.8, 4) is 0 Å². The third-order valence-corrected chi connectivity index (χ3v) is 3.58. The minimum Gasteiger partial charge on any atom is -0.384 e. The second kappa shape index (κ2) is 5.14. The van der Waals surface area contributed by atoms with E-state index >= 15 is 0 Å². The van der Waals surface area contributed by atoms with Gasteiger partial charge in [0.05, 0.1) is 23.3 Å². The van der Waals surface area contributed by atoms with Crippen LogP contribution in [0.3, 0.4) is 0 Å². The monoisotopic (exact) mass is 261 g/mol. The highest BCUT2D eigenvalue weighted by Gasteiger charge is 2.12. The first-order valence-electron chi connectivity index (χ1n) is 5.49. The quantitative estimate of drug-likeness (QED) is 0.649. The molecule has 0 spiro atoms. The van der Waals surface area contributed by atoms with Crippen molar-refractivity contribution in [1.29, 1.82) is 5.41 Å². The van der Waals surface area contributed by atoms with Crippen LogP contribution in [0.2, 0.25) is 0 Å². The molecule has 3 N–H and O–H groups in total. The predicted octanol–water partition coefficient (Wildman–Crippen LogP) is 1.77. The number of thiazole rings is 1. The molecule has 0 unspecified atom stereocenters. The van der Waals surface area contributed by atoms with E-state index in [2.05, 4.69) is 9.97 Å². The van der Waals surface area contributed by atoms with Crippen molar-refractivity contribution in [2.75, 3.05) is 11.9 Å². The lowest BCUT2D eigenvalue weighted by Gasteiger charge is -2.20. The largest absolute Gasteiger partial charge is 0.384 e. The van der Waals surface area contributed by atoms with Crippen LogP contribution < -0.4 is 10.6 Å². The van der Waals surface area contributed by atoms with Gasteiger partial charge in [0.1, 0.15) is 11.7 Å². The highest BCUT2D eigenvalue weighted by Crippen LogP contribution is 2.20. The van der Waals surface area contributed by atoms with Crippen LogP contribution in [0.5, 0.6) is 0 Å². The van der Waals surface area contributed by atoms with Crippen LogP contribution in [0.4, 0.5) is 5.82 Å². The molecule has 0 radical (unpaired) electrons. The zero-order chi connectivity index (χ0) is 13.1. The molecule has 0 aliphatic rings. The van der Waals surface area contributed by atoms with Crippen molar-refractivity contribution < 1.29 is 0 Å². The Labute approximate surface area is 110 Å². The first-order valence-corrected chi connectivity index (χ1v) is 6.37. The maximum atomic E-state index is 7.56. The van der Waals surface area contributed by atoms with Crippen molar-refractivity contribution in [3.63, 3.8) is 0 Å². The van der Waals surface area contributed by atoms with Crippen molar-refractivity contribution in [1.82, 2.24) is 9.97 Å². The third-order valence-electron chi connectivity index (χ3n) is 2.66. The molecule has 2 aromatic rings. The van der Waals surface area contributed by atoms with Gasteiger partial charge in [-0.1, -0.05) is 0 Å². The molecule has 94 valence electrons. The summed E-state index contributed by atoms with van der Waals surface area (Å²) < 4.78 is 0. The Kier molecular flexibility index (Phi) is 3.57. The summed E-state index contributed by atoms with van der Waals surface area (Å²) in [7, 11) is 1.94. The number of nitrogens with one attached hydrogen (secondary N) is 1. The molecule has 0 aliphatic carbocycles. The van der Waals surface area contributed by atoms with E-state index < -0.39 is 0 Å². The molecule has 0 saturated carbocycles. The topological polar surface area (TPSA) is 78.9 Å². The molecule has 0 bridgehead atoms. The maximum absolute atomic E-state index is 7.56. The molecule has 6 heteroatoms. The summed E-state index contributed by atoms with van der Waals surface area (Å²) in [6, 6.07) is 3.59. The van der Waals surface area contributed by atoms with Gasteiger partial charge < -0.3 is 10.6 Å². The Bertz CT molecular complexity index is 563. The van der Waals surface area contributed by atoms with Crippen molar-refractivity contribution in [2.24, 2.45) is 5.73 Å². The molecule has 0 saturated heterocycles. The van der Waals surface area contributed by atoms with Crippen LogP contribution in [-0.4, -0.2) is 22.9 Å². The number of rotatable bonds is 4. The van der Waals surface area contributed by atoms with Crippen molar-refractivity contribution >= 4 is 23.0 Å². The summed E-state index contributed by atoms with van der Waals surface area (Å²) >= 11 is 1.62. The molecule has 0 aliphatic heterocycles. The van der Waals surface area contributed by atoms with Gasteiger partial charge in [-0.15, -0.1) is 11.3 Å². The number of nitrogens with two attached hydrogens (primary N) is 1. The first kappa shape index (κ1) is 12.5. The Morgan fingerprint density at radius 3 is 2.89 bits per heavy atom. The standard InChI is InChI=1S/C12H15N5S/c1-8-10(18-7-16-8)6-17(2)12-9(11(13)14)4-3-5-15-12/h3-5,7H,6H2,1-2H3,(H3,13,14). The molecular formula is C12H15N5S. The van der Waals surface area contributed by atoms with E-state index in [1.807, 2.05) is 24.4 Å². The summed E-state index contributed by atoms with van der Waals surface area (Å²) in [5.74, 6) is 0.753. The molecule has 2 heterocycles. The van der Waals surface area contributed by atoms with E-state index in [0.29, 0.717) is 12.1 Å². The third kappa shape index (κ3) is 2.48. The molecule has 2 rings (SSSR count). The van der Waals surface area contributed by atoms with Crippen molar-refractivity contribution in [3.05, 3.63) is 40.0 Å². The summed E-state index contributed by atoms with van der Waals surface area (Å²) in [4.78, 5) is 11.7. The number of nitrogen functional groups attached to an aromatic ring is 1. The molecule has 18 heavy (non-hydrogen) atoms. The van der Waals surface area contributed by atoms with Gasteiger partial charge in [-0.2, -0.15) is 0 Å². The van der Waals surface area contributed by atoms with E-state index in [-0.39, 0.29) is 5.84 Å². The van der Waals surface area contributed by atoms with Gasteiger partial charge in [0.2, 0.25) is 0 Å². The van der Waals surface area contributed by atoms with Crippen LogP contribution in [0.25, 0.3) is 0 Å². The molecule has 0 fully saturated rings. The van der Waals surface area contributed by atoms with Gasteiger partial charge in [0, 0.05) is 18.1 Å². The number of aromatic nitrogens is 2. The number of anilines is 1. The predicted molar refractivity (Wildman–Crippen MR) is 74.2 cm³/mol. The van der Waals surface area contributed by atoms with Crippen LogP contribution in [-0.2, 0) is 6.54 Å². The highest BCUT2D eigenvalue weighted by molar-refractivity contribution is 7.09. The van der Waals surface area contributed by atoms with Crippen LogP contribution >= 0.6 is 11.3 Å². The van der Waals surface area contributed by atoms with E-state index in [4.69, 9.17) is 11.1 Å². The molecule has 2 aromatic heterocycles. The Morgan fingerprint density at radius 1 is 1.50 bits per heavy atom. The van der Waals surface area contributed by atoms with Crippen LogP contribution in [0.15, 0.2) is 23.8 Å². The van der Waals surface area contributed by atoms with E-state index in [9.17, 15) is 0 Å². The number of nitrogens with zero attached hydrogens (tertiary/aromatic N) is 3. The van der Waals surface area contributed by atoms with Gasteiger partial charge in [-0.25, -0.2) is 9.97 Å². The molecule has 0 amide bonds. The summed E-state index contributed by atoms with van der Waals surface area (Å²) in [6.45, 7) is 2.71. The van der Waals surface area contributed by atoms with Crippen LogP contribution in [0.1, 0.15) is 16.1 Å². The molecular weight excluding hydrogens is 246 g/mol. The molecule has 0 atom stereocenters. The Morgan fingerprint density at radius 2 is 2.28 bits per heavy atom. The first-order chi connectivity index (χ1) is 8.59. The SMILES string of the molecule is Cc1ncsc1CN(C)c1ncccc1C(=N)N. The average Bonchev–Trinajstić information content (AvgIpc) is 2.75. The number of amidine groups is 1. The fraction of sp³-hybridized carbons (Fsp3) is 0.250. The minimum absolute atomic E-state index is 0.0333. The van der Waals surface area contributed by atoms with E-state index in [0.717, 1.165) is 11.5 Å². The maximum Gasteiger partial charge on any atom is 0.139 e. The fourth-order valence-electron chi connectivity index (χ4n) is 1.68. The average molecular weight is 261 g/mol. The zero-order valence-corrected chi connectivity index (χ0v) is 11.2. The molecule has 0 aromatic carbocycles. The lowest BCUT2D eigenvalue weighted by molar-refractivity contribution is 0.899. The second-order valence-electron chi connectivity index (χ2n) is 4.01. The second-order valence-corrected chi connectivity index (χ2v) is 4.94. The smallest absolute Gasteiger partial charge is 0.139 e. The number of hydrogen-bond acceptors (Lipinski definition) is 5. The number of pyridine rings is 1. The lowest BCUT2D eigenvalue weighted by atomic mass is 10.2. The van der Waals surface area contributed by atoms with E-state index in [1.54, 1.807) is 29.7 Å². The Hall–Kier alpha value is -1.95. The number of aryl methyl sites for hydroxylation is 1. The lowest BCUT2D eigenvalue weighted by Crippen LogP contribution is -2.23. The van der Waals surface area contributed by atoms with E-state index in [1.165, 1.54) is 4.88 Å². The normalized spacial score (nSPS) is 10.3. The van der Waals surface area contributed by atoms with Crippen LogP contribution in [0, 0.1) is 12.3 Å². The summed E-state index contributed by atoms with van der Waals surface area (Å²) in [5, 5.41) is 7.56. The van der Waals surface area contributed by atoms with Gasteiger partial charge in [-0.3, -0.25) is 5.41 Å². The zero-order valence-electron chi connectivity index (χ0n) is 10.3. The van der Waals surface area contributed by atoms with Gasteiger partial charge in [0.15, 0.2) is 0 Å². The Balaban J connectivity index is 2.26. The molecule has 5 nitrogen and oxygen atoms in total. The van der Waals surface area contributed by atoms with Crippen molar-refractivity contribution in [2.45, 2.75) is 13.5 Å². The minimum atomic E-state index is 0.0333. The van der Waals surface area contributed by atoms with Gasteiger partial charge >= 0.3 is 0 Å². The van der Waals surface area contributed by atoms with Gasteiger partial charge in [0.25, 0.3) is 0 Å². The highest BCUT2D eigenvalue weighted by atomic mass is 32.1. The number of hydrogen-bond donors (Lipinski definition) is 2. The summed E-state index contributed by atoms with van der Waals surface area (Å²) in [5.41, 5.74) is 9.09. The summed E-state index contributed by atoms with van der Waals surface area (Å²) in [6.07, 6.45) is 1.71. The van der Waals surface area contributed by atoms with Gasteiger partial charge in [-0.05, 0) is 19.1 Å².